The molecule has 0 aliphatic carbocycles. The fraction of sp³-hybridized carbons (Fsp3) is 0.227. The van der Waals surface area contributed by atoms with E-state index >= 15 is 0 Å². The summed E-state index contributed by atoms with van der Waals surface area (Å²) in [5.41, 5.74) is 3.43. The molecular weight excluding hydrogens is 384 g/mol. The van der Waals surface area contributed by atoms with Crippen LogP contribution in [0.3, 0.4) is 0 Å². The van der Waals surface area contributed by atoms with Crippen LogP contribution in [-0.4, -0.2) is 27.5 Å². The second-order valence-corrected chi connectivity index (χ2v) is 7.44. The molecule has 1 aliphatic rings. The van der Waals surface area contributed by atoms with E-state index in [2.05, 4.69) is 34.0 Å². The zero-order valence-corrected chi connectivity index (χ0v) is 17.0. The van der Waals surface area contributed by atoms with Crippen LogP contribution in [0.4, 0.5) is 5.69 Å². The van der Waals surface area contributed by atoms with Gasteiger partial charge in [-0.1, -0.05) is 43.0 Å². The van der Waals surface area contributed by atoms with Crippen molar-refractivity contribution in [1.82, 2.24) is 15.2 Å². The molecule has 1 atom stereocenters. The second-order valence-electron chi connectivity index (χ2n) is 6.45. The molecule has 0 saturated heterocycles. The predicted octanol–water partition coefficient (Wildman–Crippen LogP) is 5.11. The molecule has 0 bridgehead atoms. The van der Waals surface area contributed by atoms with E-state index in [4.69, 9.17) is 9.47 Å². The van der Waals surface area contributed by atoms with Crippen molar-refractivity contribution in [1.29, 1.82) is 0 Å². The minimum Gasteiger partial charge on any atom is -0.494 e. The Bertz CT molecular complexity index is 994. The van der Waals surface area contributed by atoms with Crippen molar-refractivity contribution in [3.63, 3.8) is 0 Å². The van der Waals surface area contributed by atoms with Gasteiger partial charge in [0, 0.05) is 22.6 Å². The van der Waals surface area contributed by atoms with Gasteiger partial charge in [0.1, 0.15) is 5.75 Å². The molecule has 1 unspecified atom stereocenters. The van der Waals surface area contributed by atoms with Crippen LogP contribution in [0.1, 0.15) is 25.1 Å². The highest BCUT2D eigenvalue weighted by molar-refractivity contribution is 7.99. The zero-order chi connectivity index (χ0) is 20.1. The molecule has 2 aromatic carbocycles. The molecule has 0 spiro atoms. The summed E-state index contributed by atoms with van der Waals surface area (Å²) >= 11 is 1.47. The fourth-order valence-corrected chi connectivity index (χ4v) is 3.46. The number of aromatic nitrogens is 3. The molecule has 1 aliphatic heterocycles. The Labute approximate surface area is 174 Å². The summed E-state index contributed by atoms with van der Waals surface area (Å²) in [6.45, 7) is 6.52. The van der Waals surface area contributed by atoms with Gasteiger partial charge in [0.25, 0.3) is 0 Å². The minimum atomic E-state index is -0.411. The topological polar surface area (TPSA) is 69.2 Å². The lowest BCUT2D eigenvalue weighted by Gasteiger charge is -2.19. The van der Waals surface area contributed by atoms with E-state index in [0.717, 1.165) is 29.0 Å². The molecule has 0 amide bonds. The molecule has 29 heavy (non-hydrogen) atoms. The molecule has 1 aromatic heterocycles. The van der Waals surface area contributed by atoms with Gasteiger partial charge < -0.3 is 14.8 Å². The van der Waals surface area contributed by atoms with E-state index in [9.17, 15) is 0 Å². The number of anilines is 1. The first-order chi connectivity index (χ1) is 14.3. The van der Waals surface area contributed by atoms with Gasteiger partial charge in [-0.05, 0) is 36.8 Å². The largest absolute Gasteiger partial charge is 0.494 e. The van der Waals surface area contributed by atoms with Gasteiger partial charge in [0.2, 0.25) is 11.0 Å². The lowest BCUT2D eigenvalue weighted by molar-refractivity contribution is 0.225. The highest BCUT2D eigenvalue weighted by Gasteiger charge is 2.26. The Morgan fingerprint density at radius 1 is 1.17 bits per heavy atom. The van der Waals surface area contributed by atoms with E-state index in [-0.39, 0.29) is 0 Å². The van der Waals surface area contributed by atoms with E-state index in [1.807, 2.05) is 54.6 Å². The Morgan fingerprint density at radius 3 is 2.79 bits per heavy atom. The third kappa shape index (κ3) is 4.35. The monoisotopic (exact) mass is 406 g/mol. The van der Waals surface area contributed by atoms with Crippen LogP contribution in [0.5, 0.6) is 11.6 Å². The number of para-hydroxylation sites is 1. The first-order valence-electron chi connectivity index (χ1n) is 9.52. The summed E-state index contributed by atoms with van der Waals surface area (Å²) < 4.78 is 11.9. The van der Waals surface area contributed by atoms with Crippen molar-refractivity contribution in [3.8, 4) is 22.9 Å². The Balaban J connectivity index is 1.68. The molecule has 1 N–H and O–H groups in total. The van der Waals surface area contributed by atoms with Crippen LogP contribution >= 0.6 is 11.8 Å². The van der Waals surface area contributed by atoms with Crippen LogP contribution in [-0.2, 0) is 0 Å². The SMILES string of the molecule is C=CCSc1nnc2c(n1)OC(c1ccc(OCCC)cc1)Nc1ccccc1-2. The summed E-state index contributed by atoms with van der Waals surface area (Å²) in [7, 11) is 0. The molecule has 3 aromatic rings. The lowest BCUT2D eigenvalue weighted by atomic mass is 10.1. The van der Waals surface area contributed by atoms with Gasteiger partial charge in [-0.2, -0.15) is 4.98 Å². The highest BCUT2D eigenvalue weighted by atomic mass is 32.2. The second kappa shape index (κ2) is 8.96. The van der Waals surface area contributed by atoms with Crippen LogP contribution in [0, 0.1) is 0 Å². The number of thioether (sulfide) groups is 1. The fourth-order valence-electron chi connectivity index (χ4n) is 2.95. The van der Waals surface area contributed by atoms with Crippen molar-refractivity contribution in [3.05, 3.63) is 66.7 Å². The standard InChI is InChI=1S/C22H22N4O2S/c1-3-13-27-16-11-9-15(10-12-16)20-23-18-8-6-5-7-17(18)19-21(28-20)24-22(26-25-19)29-14-4-2/h4-12,20,23H,2-3,13-14H2,1H3. The maximum atomic E-state index is 6.26. The quantitative estimate of drug-likeness (QED) is 0.432. The maximum Gasteiger partial charge on any atom is 0.247 e. The Morgan fingerprint density at radius 2 is 2.00 bits per heavy atom. The molecule has 2 heterocycles. The van der Waals surface area contributed by atoms with Crippen LogP contribution in [0.2, 0.25) is 0 Å². The average Bonchev–Trinajstić information content (AvgIpc) is 2.93. The van der Waals surface area contributed by atoms with Gasteiger partial charge in [-0.15, -0.1) is 16.8 Å². The molecular formula is C22H22N4O2S. The third-order valence-corrected chi connectivity index (χ3v) is 5.15. The normalized spacial score (nSPS) is 14.6. The summed E-state index contributed by atoms with van der Waals surface area (Å²) in [5, 5.41) is 12.6. The van der Waals surface area contributed by atoms with Crippen LogP contribution in [0.15, 0.2) is 66.3 Å². The van der Waals surface area contributed by atoms with Gasteiger partial charge in [-0.25, -0.2) is 0 Å². The number of hydrogen-bond donors (Lipinski definition) is 1. The minimum absolute atomic E-state index is 0.411. The first-order valence-corrected chi connectivity index (χ1v) is 10.5. The number of benzene rings is 2. The predicted molar refractivity (Wildman–Crippen MR) is 115 cm³/mol. The summed E-state index contributed by atoms with van der Waals surface area (Å²) in [4.78, 5) is 4.60. The van der Waals surface area contributed by atoms with E-state index in [1.165, 1.54) is 11.8 Å². The lowest BCUT2D eigenvalue weighted by Crippen LogP contribution is -2.17. The number of nitrogens with zero attached hydrogens (tertiary/aromatic N) is 3. The van der Waals surface area contributed by atoms with Gasteiger partial charge in [0.05, 0.1) is 6.61 Å². The van der Waals surface area contributed by atoms with Gasteiger partial charge in [-0.3, -0.25) is 0 Å². The van der Waals surface area contributed by atoms with Crippen molar-refractivity contribution in [2.24, 2.45) is 0 Å². The number of ether oxygens (including phenoxy) is 2. The Kier molecular flexibility index (Phi) is 5.95. The van der Waals surface area contributed by atoms with Crippen molar-refractivity contribution in [2.75, 3.05) is 17.7 Å². The number of nitrogens with one attached hydrogen (secondary N) is 1. The van der Waals surface area contributed by atoms with E-state index < -0.39 is 6.23 Å². The molecule has 0 saturated carbocycles. The maximum absolute atomic E-state index is 6.26. The Hall–Kier alpha value is -3.06. The first kappa shape index (κ1) is 19.3. The van der Waals surface area contributed by atoms with Crippen LogP contribution < -0.4 is 14.8 Å². The van der Waals surface area contributed by atoms with E-state index in [1.54, 1.807) is 0 Å². The van der Waals surface area contributed by atoms with Gasteiger partial charge in [0.15, 0.2) is 11.9 Å². The van der Waals surface area contributed by atoms with Crippen molar-refractivity contribution >= 4 is 17.4 Å². The smallest absolute Gasteiger partial charge is 0.247 e. The average molecular weight is 407 g/mol. The van der Waals surface area contributed by atoms with Crippen LogP contribution in [0.25, 0.3) is 11.3 Å². The molecule has 6 nitrogen and oxygen atoms in total. The zero-order valence-electron chi connectivity index (χ0n) is 16.2. The van der Waals surface area contributed by atoms with Gasteiger partial charge >= 0.3 is 0 Å². The highest BCUT2D eigenvalue weighted by Crippen LogP contribution is 2.39. The van der Waals surface area contributed by atoms with Crippen molar-refractivity contribution in [2.45, 2.75) is 24.7 Å². The van der Waals surface area contributed by atoms with E-state index in [0.29, 0.717) is 29.1 Å². The summed E-state index contributed by atoms with van der Waals surface area (Å²) in [6, 6.07) is 15.8. The number of rotatable bonds is 7. The third-order valence-electron chi connectivity index (χ3n) is 4.32. The molecule has 148 valence electrons. The van der Waals surface area contributed by atoms with Crippen molar-refractivity contribution < 1.29 is 9.47 Å². The summed E-state index contributed by atoms with van der Waals surface area (Å²) in [5.74, 6) is 2.01. The molecule has 0 fully saturated rings. The molecule has 7 heteroatoms. The molecule has 0 radical (unpaired) electrons. The number of fused-ring (bicyclic) bond motifs is 3. The number of hydrogen-bond acceptors (Lipinski definition) is 7. The molecule has 4 rings (SSSR count). The summed E-state index contributed by atoms with van der Waals surface area (Å²) in [6.07, 6.45) is 2.37.